The lowest BCUT2D eigenvalue weighted by Crippen LogP contribution is -2.57. The van der Waals surface area contributed by atoms with Crippen molar-refractivity contribution < 1.29 is 14.7 Å². The van der Waals surface area contributed by atoms with Gasteiger partial charge in [0.1, 0.15) is 5.54 Å². The number of amides is 1. The van der Waals surface area contributed by atoms with Gasteiger partial charge in [-0.1, -0.05) is 0 Å². The second-order valence-electron chi connectivity index (χ2n) is 3.45. The summed E-state index contributed by atoms with van der Waals surface area (Å²) in [6.07, 6.45) is 1.41. The first-order valence-corrected chi connectivity index (χ1v) is 4.24. The van der Waals surface area contributed by atoms with Crippen LogP contribution < -0.4 is 5.32 Å². The number of hydrogen-bond acceptors (Lipinski definition) is 3. The summed E-state index contributed by atoms with van der Waals surface area (Å²) in [5.41, 5.74) is -1.03. The van der Waals surface area contributed by atoms with Gasteiger partial charge in [0.2, 0.25) is 6.41 Å². The number of nitrogens with one attached hydrogen (secondary N) is 1. The van der Waals surface area contributed by atoms with Crippen LogP contribution in [0.2, 0.25) is 0 Å². The van der Waals surface area contributed by atoms with Crippen LogP contribution in [-0.4, -0.2) is 48.1 Å². The van der Waals surface area contributed by atoms with Crippen LogP contribution in [0, 0.1) is 0 Å². The molecule has 1 saturated heterocycles. The van der Waals surface area contributed by atoms with E-state index in [4.69, 9.17) is 5.11 Å². The molecule has 5 nitrogen and oxygen atoms in total. The van der Waals surface area contributed by atoms with Crippen LogP contribution in [0.5, 0.6) is 0 Å². The molecule has 5 heteroatoms. The van der Waals surface area contributed by atoms with Gasteiger partial charge in [-0.05, 0) is 19.9 Å². The summed E-state index contributed by atoms with van der Waals surface area (Å²) in [5.74, 6) is -0.937. The lowest BCUT2D eigenvalue weighted by molar-refractivity contribution is -0.148. The molecule has 0 saturated carbocycles. The first kappa shape index (κ1) is 9.98. The predicted molar refractivity (Wildman–Crippen MR) is 46.3 cm³/mol. The van der Waals surface area contributed by atoms with Gasteiger partial charge in [-0.25, -0.2) is 4.79 Å². The van der Waals surface area contributed by atoms with E-state index in [0.717, 1.165) is 0 Å². The Balaban J connectivity index is 2.68. The zero-order chi connectivity index (χ0) is 9.90. The van der Waals surface area contributed by atoms with Crippen LogP contribution in [0.1, 0.15) is 12.8 Å². The highest BCUT2D eigenvalue weighted by Crippen LogP contribution is 2.21. The lowest BCUT2D eigenvalue weighted by Gasteiger charge is -2.36. The zero-order valence-electron chi connectivity index (χ0n) is 7.62. The second-order valence-corrected chi connectivity index (χ2v) is 3.45. The summed E-state index contributed by atoms with van der Waals surface area (Å²) in [7, 11) is 1.94. The van der Waals surface area contributed by atoms with Gasteiger partial charge in [-0.15, -0.1) is 0 Å². The van der Waals surface area contributed by atoms with E-state index >= 15 is 0 Å². The van der Waals surface area contributed by atoms with Gasteiger partial charge in [0.05, 0.1) is 0 Å². The summed E-state index contributed by atoms with van der Waals surface area (Å²) in [5, 5.41) is 11.4. The van der Waals surface area contributed by atoms with Crippen molar-refractivity contribution in [2.24, 2.45) is 0 Å². The highest BCUT2D eigenvalue weighted by atomic mass is 16.4. The third-order valence-electron chi connectivity index (χ3n) is 2.59. The molecule has 0 spiro atoms. The summed E-state index contributed by atoms with van der Waals surface area (Å²) in [4.78, 5) is 23.3. The van der Waals surface area contributed by atoms with Crippen molar-refractivity contribution >= 4 is 12.4 Å². The van der Waals surface area contributed by atoms with Gasteiger partial charge >= 0.3 is 5.97 Å². The molecule has 0 unspecified atom stereocenters. The minimum Gasteiger partial charge on any atom is -0.480 e. The van der Waals surface area contributed by atoms with E-state index < -0.39 is 11.5 Å². The summed E-state index contributed by atoms with van der Waals surface area (Å²) in [6.45, 7) is 1.40. The number of carboxylic acid groups (broad SMARTS) is 1. The molecule has 0 bridgehead atoms. The van der Waals surface area contributed by atoms with Crippen LogP contribution in [0.3, 0.4) is 0 Å². The molecular formula is C8H14N2O3. The number of nitrogens with zero attached hydrogens (tertiary/aromatic N) is 1. The topological polar surface area (TPSA) is 69.6 Å². The number of carbonyl (C=O) groups excluding carboxylic acids is 1. The Hall–Kier alpha value is -1.10. The molecule has 1 aliphatic heterocycles. The first-order chi connectivity index (χ1) is 6.10. The Morgan fingerprint density at radius 3 is 2.46 bits per heavy atom. The molecule has 1 fully saturated rings. The normalized spacial score (nSPS) is 22.2. The van der Waals surface area contributed by atoms with Gasteiger partial charge in [0, 0.05) is 13.1 Å². The molecule has 0 atom stereocenters. The zero-order valence-corrected chi connectivity index (χ0v) is 7.62. The molecule has 2 N–H and O–H groups in total. The van der Waals surface area contributed by atoms with E-state index in [1.54, 1.807) is 0 Å². The number of piperidine rings is 1. The fourth-order valence-corrected chi connectivity index (χ4v) is 1.53. The van der Waals surface area contributed by atoms with Crippen molar-refractivity contribution in [1.82, 2.24) is 10.2 Å². The number of hydrogen-bond donors (Lipinski definition) is 2. The van der Waals surface area contributed by atoms with Crippen molar-refractivity contribution in [3.63, 3.8) is 0 Å². The molecule has 1 amide bonds. The smallest absolute Gasteiger partial charge is 0.329 e. The number of aliphatic carboxylic acids is 1. The Morgan fingerprint density at radius 1 is 1.54 bits per heavy atom. The van der Waals surface area contributed by atoms with Crippen molar-refractivity contribution in [3.8, 4) is 0 Å². The number of carboxylic acids is 1. The Labute approximate surface area is 76.7 Å². The van der Waals surface area contributed by atoms with Crippen LogP contribution >= 0.6 is 0 Å². The maximum Gasteiger partial charge on any atom is 0.329 e. The van der Waals surface area contributed by atoms with Gasteiger partial charge in [-0.3, -0.25) is 4.79 Å². The van der Waals surface area contributed by atoms with Gasteiger partial charge < -0.3 is 15.3 Å². The third kappa shape index (κ3) is 1.98. The van der Waals surface area contributed by atoms with Crippen molar-refractivity contribution in [2.45, 2.75) is 18.4 Å². The summed E-state index contributed by atoms with van der Waals surface area (Å²) >= 11 is 0. The van der Waals surface area contributed by atoms with Crippen molar-refractivity contribution in [3.05, 3.63) is 0 Å². The molecule has 74 valence electrons. The summed E-state index contributed by atoms with van der Waals surface area (Å²) < 4.78 is 0. The van der Waals surface area contributed by atoms with E-state index in [-0.39, 0.29) is 0 Å². The summed E-state index contributed by atoms with van der Waals surface area (Å²) in [6, 6.07) is 0. The Morgan fingerprint density at radius 2 is 2.08 bits per heavy atom. The number of likely N-dealkylation sites (tertiary alicyclic amines) is 1. The number of rotatable bonds is 3. The molecule has 1 rings (SSSR count). The Kier molecular flexibility index (Phi) is 2.87. The van der Waals surface area contributed by atoms with Crippen LogP contribution in [-0.2, 0) is 9.59 Å². The van der Waals surface area contributed by atoms with E-state index in [9.17, 15) is 9.59 Å². The first-order valence-electron chi connectivity index (χ1n) is 4.24. The molecule has 0 aromatic heterocycles. The predicted octanol–water partition coefficient (Wildman–Crippen LogP) is -0.719. The monoisotopic (exact) mass is 186 g/mol. The molecule has 0 aromatic rings. The number of carbonyl (C=O) groups is 2. The second kappa shape index (κ2) is 3.74. The van der Waals surface area contributed by atoms with Crippen LogP contribution in [0.25, 0.3) is 0 Å². The third-order valence-corrected chi connectivity index (χ3v) is 2.59. The van der Waals surface area contributed by atoms with Gasteiger partial charge in [-0.2, -0.15) is 0 Å². The standard InChI is InChI=1S/C8H14N2O3/c1-10-4-2-8(3-5-10,7(12)13)9-6-11/h6H,2-5H2,1H3,(H,9,11)(H,12,13). The van der Waals surface area contributed by atoms with Gasteiger partial charge in [0.15, 0.2) is 0 Å². The highest BCUT2D eigenvalue weighted by molar-refractivity contribution is 5.81. The minimum absolute atomic E-state index is 0.470. The van der Waals surface area contributed by atoms with E-state index in [1.165, 1.54) is 0 Å². The maximum atomic E-state index is 10.9. The quantitative estimate of drug-likeness (QED) is 0.571. The van der Waals surface area contributed by atoms with Crippen molar-refractivity contribution in [2.75, 3.05) is 20.1 Å². The fourth-order valence-electron chi connectivity index (χ4n) is 1.53. The van der Waals surface area contributed by atoms with Gasteiger partial charge in [0.25, 0.3) is 0 Å². The SMILES string of the molecule is CN1CCC(NC=O)(C(=O)O)CC1. The fraction of sp³-hybridized carbons (Fsp3) is 0.750. The molecule has 0 radical (unpaired) electrons. The largest absolute Gasteiger partial charge is 0.480 e. The highest BCUT2D eigenvalue weighted by Gasteiger charge is 2.40. The van der Waals surface area contributed by atoms with E-state index in [2.05, 4.69) is 5.32 Å². The van der Waals surface area contributed by atoms with Crippen LogP contribution in [0.4, 0.5) is 0 Å². The van der Waals surface area contributed by atoms with E-state index in [1.807, 2.05) is 11.9 Å². The maximum absolute atomic E-state index is 10.9. The Bertz CT molecular complexity index is 209. The minimum atomic E-state index is -1.03. The molecular weight excluding hydrogens is 172 g/mol. The van der Waals surface area contributed by atoms with Crippen molar-refractivity contribution in [1.29, 1.82) is 0 Å². The van der Waals surface area contributed by atoms with Crippen LogP contribution in [0.15, 0.2) is 0 Å². The van der Waals surface area contributed by atoms with E-state index in [0.29, 0.717) is 32.3 Å². The average molecular weight is 186 g/mol. The molecule has 1 aliphatic rings. The molecule has 1 heterocycles. The lowest BCUT2D eigenvalue weighted by atomic mass is 9.88. The molecule has 13 heavy (non-hydrogen) atoms. The molecule has 0 aliphatic carbocycles. The average Bonchev–Trinajstić information content (AvgIpc) is 2.09. The molecule has 0 aromatic carbocycles.